The standard InChI is InChI=1S/C15H22O2S/c1-3-5-6-12(4-2)9-14(10-15(16)17)13-7-8-18-11-13/h7-8,10-12H,3-6,9H2,1-2H3,(H,16,17)/b14-10-. The highest BCUT2D eigenvalue weighted by atomic mass is 32.1. The van der Waals surface area contributed by atoms with Gasteiger partial charge in [-0.3, -0.25) is 0 Å². The summed E-state index contributed by atoms with van der Waals surface area (Å²) in [6, 6.07) is 2.01. The average molecular weight is 266 g/mol. The molecular formula is C15H22O2S. The third kappa shape index (κ3) is 5.05. The molecule has 0 spiro atoms. The van der Waals surface area contributed by atoms with Crippen LogP contribution in [0.4, 0.5) is 0 Å². The predicted molar refractivity (Wildman–Crippen MR) is 77.9 cm³/mol. The fraction of sp³-hybridized carbons (Fsp3) is 0.533. The summed E-state index contributed by atoms with van der Waals surface area (Å²) in [6.45, 7) is 4.38. The molecule has 18 heavy (non-hydrogen) atoms. The minimum absolute atomic E-state index is 0.593. The first kappa shape index (κ1) is 15.0. The van der Waals surface area contributed by atoms with Crippen LogP contribution >= 0.6 is 11.3 Å². The lowest BCUT2D eigenvalue weighted by atomic mass is 9.89. The Balaban J connectivity index is 2.75. The normalized spacial score (nSPS) is 13.6. The number of unbranched alkanes of at least 4 members (excludes halogenated alkanes) is 1. The zero-order valence-electron chi connectivity index (χ0n) is 11.2. The molecule has 1 aromatic heterocycles. The van der Waals surface area contributed by atoms with Crippen molar-refractivity contribution < 1.29 is 9.90 Å². The first-order valence-electron chi connectivity index (χ1n) is 6.63. The molecule has 0 fully saturated rings. The number of carboxylic acids is 1. The van der Waals surface area contributed by atoms with Gasteiger partial charge in [0.25, 0.3) is 0 Å². The van der Waals surface area contributed by atoms with Crippen LogP contribution in [0, 0.1) is 5.92 Å². The first-order valence-corrected chi connectivity index (χ1v) is 7.57. The van der Waals surface area contributed by atoms with Crippen LogP contribution in [0.3, 0.4) is 0 Å². The van der Waals surface area contributed by atoms with E-state index in [1.54, 1.807) is 11.3 Å². The third-order valence-electron chi connectivity index (χ3n) is 3.24. The molecule has 0 saturated carbocycles. The second-order valence-corrected chi connectivity index (χ2v) is 5.42. The highest BCUT2D eigenvalue weighted by molar-refractivity contribution is 7.08. The minimum atomic E-state index is -0.846. The average Bonchev–Trinajstić information content (AvgIpc) is 2.86. The molecule has 0 aromatic carbocycles. The van der Waals surface area contributed by atoms with Gasteiger partial charge in [0.15, 0.2) is 0 Å². The lowest BCUT2D eigenvalue weighted by Gasteiger charge is -2.16. The molecule has 1 aromatic rings. The van der Waals surface area contributed by atoms with E-state index in [-0.39, 0.29) is 0 Å². The zero-order valence-corrected chi connectivity index (χ0v) is 12.0. The highest BCUT2D eigenvalue weighted by Gasteiger charge is 2.12. The molecule has 0 saturated heterocycles. The number of thiophene rings is 1. The van der Waals surface area contributed by atoms with E-state index >= 15 is 0 Å². The molecule has 1 atom stereocenters. The molecular weight excluding hydrogens is 244 g/mol. The Kier molecular flexibility index (Phi) is 6.73. The van der Waals surface area contributed by atoms with Crippen molar-refractivity contribution in [2.45, 2.75) is 46.0 Å². The van der Waals surface area contributed by atoms with Gasteiger partial charge in [0, 0.05) is 6.08 Å². The molecule has 1 heterocycles. The molecule has 0 bridgehead atoms. The number of aliphatic carboxylic acids is 1. The van der Waals surface area contributed by atoms with Crippen LogP contribution < -0.4 is 0 Å². The van der Waals surface area contributed by atoms with Gasteiger partial charge >= 0.3 is 5.97 Å². The van der Waals surface area contributed by atoms with E-state index in [9.17, 15) is 4.79 Å². The molecule has 0 aliphatic rings. The van der Waals surface area contributed by atoms with Crippen LogP contribution in [0.15, 0.2) is 22.9 Å². The van der Waals surface area contributed by atoms with E-state index in [1.807, 2.05) is 16.8 Å². The summed E-state index contributed by atoms with van der Waals surface area (Å²) in [5, 5.41) is 13.0. The first-order chi connectivity index (χ1) is 8.67. The van der Waals surface area contributed by atoms with Gasteiger partial charge in [0.2, 0.25) is 0 Å². The van der Waals surface area contributed by atoms with Gasteiger partial charge in [-0.1, -0.05) is 39.5 Å². The second-order valence-electron chi connectivity index (χ2n) is 4.64. The molecule has 2 nitrogen and oxygen atoms in total. The van der Waals surface area contributed by atoms with Crippen LogP contribution in [-0.4, -0.2) is 11.1 Å². The highest BCUT2D eigenvalue weighted by Crippen LogP contribution is 2.28. The third-order valence-corrected chi connectivity index (χ3v) is 3.92. The van der Waals surface area contributed by atoms with Crippen molar-refractivity contribution in [1.82, 2.24) is 0 Å². The Bertz CT molecular complexity index is 379. The fourth-order valence-electron chi connectivity index (χ4n) is 2.11. The Hall–Kier alpha value is -1.09. The maximum absolute atomic E-state index is 10.9. The SMILES string of the molecule is CCCCC(CC)C/C(=C/C(=O)O)c1ccsc1. The molecule has 1 rings (SSSR count). The van der Waals surface area contributed by atoms with E-state index in [4.69, 9.17) is 5.11 Å². The van der Waals surface area contributed by atoms with Crippen LogP contribution in [0.2, 0.25) is 0 Å². The maximum atomic E-state index is 10.9. The van der Waals surface area contributed by atoms with Gasteiger partial charge in [-0.15, -0.1) is 0 Å². The summed E-state index contributed by atoms with van der Waals surface area (Å²) >= 11 is 1.61. The Morgan fingerprint density at radius 2 is 2.28 bits per heavy atom. The number of allylic oxidation sites excluding steroid dienone is 1. The van der Waals surface area contributed by atoms with Crippen molar-refractivity contribution in [2.24, 2.45) is 5.92 Å². The van der Waals surface area contributed by atoms with Crippen molar-refractivity contribution in [3.8, 4) is 0 Å². The van der Waals surface area contributed by atoms with Crippen molar-refractivity contribution in [3.05, 3.63) is 28.5 Å². The molecule has 1 unspecified atom stereocenters. The smallest absolute Gasteiger partial charge is 0.328 e. The van der Waals surface area contributed by atoms with Crippen molar-refractivity contribution >= 4 is 22.9 Å². The van der Waals surface area contributed by atoms with Crippen molar-refractivity contribution in [3.63, 3.8) is 0 Å². The van der Waals surface area contributed by atoms with E-state index in [0.717, 1.165) is 24.0 Å². The van der Waals surface area contributed by atoms with E-state index < -0.39 is 5.97 Å². The molecule has 0 radical (unpaired) electrons. The minimum Gasteiger partial charge on any atom is -0.478 e. The van der Waals surface area contributed by atoms with E-state index in [2.05, 4.69) is 13.8 Å². The van der Waals surface area contributed by atoms with Crippen LogP contribution in [0.5, 0.6) is 0 Å². The van der Waals surface area contributed by atoms with Gasteiger partial charge in [0.05, 0.1) is 0 Å². The Morgan fingerprint density at radius 3 is 2.78 bits per heavy atom. The largest absolute Gasteiger partial charge is 0.478 e. The molecule has 1 N–H and O–H groups in total. The lowest BCUT2D eigenvalue weighted by Crippen LogP contribution is -2.02. The summed E-state index contributed by atoms with van der Waals surface area (Å²) in [7, 11) is 0. The summed E-state index contributed by atoms with van der Waals surface area (Å²) < 4.78 is 0. The van der Waals surface area contributed by atoms with Gasteiger partial charge in [0.1, 0.15) is 0 Å². The number of rotatable bonds is 8. The summed E-state index contributed by atoms with van der Waals surface area (Å²) in [6.07, 6.45) is 6.97. The van der Waals surface area contributed by atoms with Crippen LogP contribution in [0.1, 0.15) is 51.5 Å². The van der Waals surface area contributed by atoms with Crippen molar-refractivity contribution in [2.75, 3.05) is 0 Å². The Morgan fingerprint density at radius 1 is 1.50 bits per heavy atom. The fourth-order valence-corrected chi connectivity index (χ4v) is 2.79. The monoisotopic (exact) mass is 266 g/mol. The van der Waals surface area contributed by atoms with Gasteiger partial charge in [-0.2, -0.15) is 11.3 Å². The van der Waals surface area contributed by atoms with Gasteiger partial charge in [-0.05, 0) is 40.3 Å². The summed E-state index contributed by atoms with van der Waals surface area (Å²) in [5.41, 5.74) is 2.03. The van der Waals surface area contributed by atoms with Gasteiger partial charge in [-0.25, -0.2) is 4.79 Å². The van der Waals surface area contributed by atoms with Gasteiger partial charge < -0.3 is 5.11 Å². The molecule has 3 heteroatoms. The van der Waals surface area contributed by atoms with Crippen LogP contribution in [0.25, 0.3) is 5.57 Å². The lowest BCUT2D eigenvalue weighted by molar-refractivity contribution is -0.131. The summed E-state index contributed by atoms with van der Waals surface area (Å²) in [5.74, 6) is -0.253. The predicted octanol–water partition coefficient (Wildman–Crippen LogP) is 4.82. The molecule has 0 aliphatic heterocycles. The van der Waals surface area contributed by atoms with Crippen molar-refractivity contribution in [1.29, 1.82) is 0 Å². The molecule has 100 valence electrons. The Labute approximate surface area is 113 Å². The molecule has 0 amide bonds. The molecule has 0 aliphatic carbocycles. The topological polar surface area (TPSA) is 37.3 Å². The number of hydrogen-bond donors (Lipinski definition) is 1. The van der Waals surface area contributed by atoms with Crippen LogP contribution in [-0.2, 0) is 4.79 Å². The maximum Gasteiger partial charge on any atom is 0.328 e. The quantitative estimate of drug-likeness (QED) is 0.685. The second kappa shape index (κ2) is 8.09. The van der Waals surface area contributed by atoms with E-state index in [1.165, 1.54) is 25.3 Å². The zero-order chi connectivity index (χ0) is 13.4. The number of carboxylic acid groups (broad SMARTS) is 1. The number of carbonyl (C=O) groups is 1. The summed E-state index contributed by atoms with van der Waals surface area (Å²) in [4.78, 5) is 10.9. The van der Waals surface area contributed by atoms with E-state index in [0.29, 0.717) is 5.92 Å². The number of hydrogen-bond acceptors (Lipinski definition) is 2.